The molecule has 0 radical (unpaired) electrons. The van der Waals surface area contributed by atoms with Crippen LogP contribution < -0.4 is 4.90 Å². The summed E-state index contributed by atoms with van der Waals surface area (Å²) >= 11 is 0. The van der Waals surface area contributed by atoms with Crippen LogP contribution in [-0.4, -0.2) is 65.8 Å². The molecule has 0 amide bonds. The number of nitrogens with zero attached hydrogens (tertiary/aromatic N) is 4. The standard InChI is InChI=1S/C16H23F3N4.C2HF3O2/c1-22(2)8-11-4-3-5-12-9-23(10-13(11)12)15-20-7-6-14(21-15)16(17,18)19;3-2(4,5)1(6)7/h6-7,11-13H,3-5,8-10H2,1-2H3;(H,6,7)/t11-,12+,13+;/m0./s1. The van der Waals surface area contributed by atoms with Crippen molar-refractivity contribution in [2.45, 2.75) is 31.6 Å². The summed E-state index contributed by atoms with van der Waals surface area (Å²) in [6.07, 6.45) is -4.72. The van der Waals surface area contributed by atoms with Gasteiger partial charge in [0.15, 0.2) is 0 Å². The van der Waals surface area contributed by atoms with E-state index in [1.54, 1.807) is 0 Å². The third kappa shape index (κ3) is 6.44. The molecule has 0 spiro atoms. The Kier molecular flexibility index (Phi) is 7.54. The SMILES string of the molecule is CN(C)C[C@@H]1CCC[C@@H]2CN(c3nccc(C(F)(F)F)n3)C[C@@H]21.O=C(O)C(F)(F)F. The van der Waals surface area contributed by atoms with Gasteiger partial charge in [-0.2, -0.15) is 26.3 Å². The van der Waals surface area contributed by atoms with Gasteiger partial charge in [0, 0.05) is 25.8 Å². The Balaban J connectivity index is 0.000000396. The Bertz CT molecular complexity index is 725. The maximum atomic E-state index is 12.8. The summed E-state index contributed by atoms with van der Waals surface area (Å²) in [5.74, 6) is -0.846. The van der Waals surface area contributed by atoms with Crippen molar-refractivity contribution < 1.29 is 36.2 Å². The van der Waals surface area contributed by atoms with Crippen LogP contribution in [0, 0.1) is 17.8 Å². The van der Waals surface area contributed by atoms with Crippen molar-refractivity contribution in [3.05, 3.63) is 18.0 Å². The van der Waals surface area contributed by atoms with Crippen molar-refractivity contribution in [1.29, 1.82) is 0 Å². The highest BCUT2D eigenvalue weighted by molar-refractivity contribution is 5.73. The van der Waals surface area contributed by atoms with E-state index in [0.717, 1.165) is 32.1 Å². The first-order valence-electron chi connectivity index (χ1n) is 9.39. The minimum atomic E-state index is -5.08. The Hall–Kier alpha value is -2.11. The van der Waals surface area contributed by atoms with Crippen LogP contribution in [0.2, 0.25) is 0 Å². The lowest BCUT2D eigenvalue weighted by atomic mass is 9.74. The number of rotatable bonds is 3. The van der Waals surface area contributed by atoms with Crippen molar-refractivity contribution in [3.63, 3.8) is 0 Å². The molecule has 1 aromatic rings. The Labute approximate surface area is 169 Å². The molecule has 1 aliphatic carbocycles. The summed E-state index contributed by atoms with van der Waals surface area (Å²) in [6, 6.07) is 0.932. The highest BCUT2D eigenvalue weighted by Crippen LogP contribution is 2.41. The summed E-state index contributed by atoms with van der Waals surface area (Å²) in [7, 11) is 4.15. The van der Waals surface area contributed by atoms with Crippen LogP contribution in [0.5, 0.6) is 0 Å². The van der Waals surface area contributed by atoms with Gasteiger partial charge in [-0.1, -0.05) is 6.42 Å². The summed E-state index contributed by atoms with van der Waals surface area (Å²) in [5, 5.41) is 7.12. The third-order valence-corrected chi connectivity index (χ3v) is 5.31. The van der Waals surface area contributed by atoms with E-state index in [1.807, 2.05) is 4.90 Å². The molecule has 0 bridgehead atoms. The van der Waals surface area contributed by atoms with Crippen molar-refractivity contribution in [1.82, 2.24) is 14.9 Å². The average Bonchev–Trinajstić information content (AvgIpc) is 3.06. The largest absolute Gasteiger partial charge is 0.490 e. The number of anilines is 1. The number of carboxylic acids is 1. The molecule has 6 nitrogen and oxygen atoms in total. The van der Waals surface area contributed by atoms with E-state index in [2.05, 4.69) is 29.0 Å². The zero-order valence-electron chi connectivity index (χ0n) is 16.5. The summed E-state index contributed by atoms with van der Waals surface area (Å²) in [6.45, 7) is 2.58. The summed E-state index contributed by atoms with van der Waals surface area (Å²) in [5.41, 5.74) is -0.859. The molecule has 2 fully saturated rings. The number of aliphatic carboxylic acids is 1. The monoisotopic (exact) mass is 442 g/mol. The van der Waals surface area contributed by atoms with Gasteiger partial charge in [0.2, 0.25) is 5.95 Å². The van der Waals surface area contributed by atoms with Gasteiger partial charge < -0.3 is 14.9 Å². The number of hydrogen-bond donors (Lipinski definition) is 1. The minimum Gasteiger partial charge on any atom is -0.475 e. The van der Waals surface area contributed by atoms with Crippen LogP contribution >= 0.6 is 0 Å². The van der Waals surface area contributed by atoms with E-state index >= 15 is 0 Å². The van der Waals surface area contributed by atoms with Crippen LogP contribution in [0.3, 0.4) is 0 Å². The second-order valence-electron chi connectivity index (χ2n) is 7.82. The maximum Gasteiger partial charge on any atom is 0.490 e. The minimum absolute atomic E-state index is 0.220. The zero-order valence-corrected chi connectivity index (χ0v) is 16.5. The number of alkyl halides is 6. The van der Waals surface area contributed by atoms with Crippen LogP contribution in [0.1, 0.15) is 25.0 Å². The maximum absolute atomic E-state index is 12.8. The van der Waals surface area contributed by atoms with E-state index in [4.69, 9.17) is 9.90 Å². The summed E-state index contributed by atoms with van der Waals surface area (Å²) in [4.78, 5) is 20.9. The van der Waals surface area contributed by atoms with E-state index in [0.29, 0.717) is 17.8 Å². The van der Waals surface area contributed by atoms with Gasteiger partial charge in [-0.25, -0.2) is 14.8 Å². The molecule has 3 rings (SSSR count). The molecular formula is C18H24F6N4O2. The molecule has 1 aromatic heterocycles. The molecule has 3 atom stereocenters. The van der Waals surface area contributed by atoms with Gasteiger partial charge in [0.05, 0.1) is 0 Å². The van der Waals surface area contributed by atoms with Gasteiger partial charge in [-0.15, -0.1) is 0 Å². The number of carbonyl (C=O) groups is 1. The lowest BCUT2D eigenvalue weighted by molar-refractivity contribution is -0.192. The fourth-order valence-electron chi connectivity index (χ4n) is 4.11. The number of carboxylic acid groups (broad SMARTS) is 1. The summed E-state index contributed by atoms with van der Waals surface area (Å²) < 4.78 is 70.3. The van der Waals surface area contributed by atoms with Gasteiger partial charge in [-0.3, -0.25) is 0 Å². The number of fused-ring (bicyclic) bond motifs is 1. The molecule has 0 aromatic carbocycles. The molecule has 0 unspecified atom stereocenters. The molecule has 12 heteroatoms. The van der Waals surface area contributed by atoms with Crippen molar-refractivity contribution >= 4 is 11.9 Å². The van der Waals surface area contributed by atoms with Crippen LogP contribution in [0.4, 0.5) is 32.3 Å². The van der Waals surface area contributed by atoms with Crippen LogP contribution in [0.25, 0.3) is 0 Å². The number of aromatic nitrogens is 2. The first-order chi connectivity index (χ1) is 13.8. The van der Waals surface area contributed by atoms with Crippen LogP contribution in [-0.2, 0) is 11.0 Å². The van der Waals surface area contributed by atoms with E-state index in [1.165, 1.54) is 19.0 Å². The molecule has 1 saturated carbocycles. The fraction of sp³-hybridized carbons (Fsp3) is 0.722. The van der Waals surface area contributed by atoms with Crippen LogP contribution in [0.15, 0.2) is 12.3 Å². The highest BCUT2D eigenvalue weighted by atomic mass is 19.4. The molecule has 30 heavy (non-hydrogen) atoms. The first kappa shape index (κ1) is 24.2. The van der Waals surface area contributed by atoms with E-state index in [-0.39, 0.29) is 5.95 Å². The van der Waals surface area contributed by atoms with Gasteiger partial charge in [0.25, 0.3) is 0 Å². The second kappa shape index (κ2) is 9.36. The van der Waals surface area contributed by atoms with Crippen molar-refractivity contribution in [2.24, 2.45) is 17.8 Å². The van der Waals surface area contributed by atoms with Gasteiger partial charge in [0.1, 0.15) is 5.69 Å². The Morgan fingerprint density at radius 1 is 1.20 bits per heavy atom. The quantitative estimate of drug-likeness (QED) is 0.723. The van der Waals surface area contributed by atoms with E-state index < -0.39 is 24.0 Å². The Morgan fingerprint density at radius 3 is 2.37 bits per heavy atom. The molecule has 1 N–H and O–H groups in total. The zero-order chi connectivity index (χ0) is 22.7. The third-order valence-electron chi connectivity index (χ3n) is 5.31. The number of halogens is 6. The molecular weight excluding hydrogens is 418 g/mol. The molecule has 1 aliphatic heterocycles. The highest BCUT2D eigenvalue weighted by Gasteiger charge is 2.42. The lowest BCUT2D eigenvalue weighted by Crippen LogP contribution is -2.34. The predicted octanol–water partition coefficient (Wildman–Crippen LogP) is 3.54. The topological polar surface area (TPSA) is 69.6 Å². The average molecular weight is 442 g/mol. The first-order valence-corrected chi connectivity index (χ1v) is 9.39. The molecule has 1 saturated heterocycles. The van der Waals surface area contributed by atoms with Crippen molar-refractivity contribution in [3.8, 4) is 0 Å². The molecule has 2 heterocycles. The number of hydrogen-bond acceptors (Lipinski definition) is 5. The fourth-order valence-corrected chi connectivity index (χ4v) is 4.11. The normalized spacial score (nSPS) is 24.3. The Morgan fingerprint density at radius 2 is 1.83 bits per heavy atom. The molecule has 2 aliphatic rings. The second-order valence-corrected chi connectivity index (χ2v) is 7.82. The van der Waals surface area contributed by atoms with E-state index in [9.17, 15) is 26.3 Å². The van der Waals surface area contributed by atoms with Gasteiger partial charge in [-0.05, 0) is 50.8 Å². The lowest BCUT2D eigenvalue weighted by Gasteiger charge is -2.34. The van der Waals surface area contributed by atoms with Gasteiger partial charge >= 0.3 is 18.3 Å². The molecule has 170 valence electrons. The smallest absolute Gasteiger partial charge is 0.475 e. The predicted molar refractivity (Wildman–Crippen MR) is 95.8 cm³/mol. The van der Waals surface area contributed by atoms with Crippen molar-refractivity contribution in [2.75, 3.05) is 38.6 Å².